The van der Waals surface area contributed by atoms with Gasteiger partial charge in [-0.3, -0.25) is 4.40 Å². The zero-order valence-electron chi connectivity index (χ0n) is 14.4. The molecule has 4 rings (SSSR count). The standard InChI is InChI=1S/C17H18N6O3/c1-11-21-22-17-16(19-5-3-2-4-18-10-24)20-12-8-14-15(26-7-6-25-14)9-13(12)23(11)17/h8-9H,2-7H2,1H3,(H,19,20). The van der Waals surface area contributed by atoms with E-state index < -0.39 is 0 Å². The molecule has 26 heavy (non-hydrogen) atoms. The Morgan fingerprint density at radius 3 is 2.85 bits per heavy atom. The number of unbranched alkanes of at least 4 members (excludes halogenated alkanes) is 1. The molecule has 9 nitrogen and oxygen atoms in total. The molecule has 0 atom stereocenters. The molecule has 0 saturated heterocycles. The van der Waals surface area contributed by atoms with Gasteiger partial charge in [-0.25, -0.2) is 14.8 Å². The summed E-state index contributed by atoms with van der Waals surface area (Å²) in [6.07, 6.45) is 3.20. The molecule has 2 aromatic heterocycles. The molecule has 0 amide bonds. The van der Waals surface area contributed by atoms with E-state index in [1.165, 1.54) is 0 Å². The Balaban J connectivity index is 1.69. The van der Waals surface area contributed by atoms with Crippen molar-refractivity contribution in [2.45, 2.75) is 19.8 Å². The summed E-state index contributed by atoms with van der Waals surface area (Å²) in [6, 6.07) is 3.80. The van der Waals surface area contributed by atoms with Crippen LogP contribution in [0.3, 0.4) is 0 Å². The maximum absolute atomic E-state index is 10.1. The molecule has 0 fully saturated rings. The van der Waals surface area contributed by atoms with Crippen LogP contribution in [0.2, 0.25) is 0 Å². The Bertz CT molecular complexity index is 1010. The number of benzene rings is 1. The summed E-state index contributed by atoms with van der Waals surface area (Å²) < 4.78 is 13.3. The number of aromatic nitrogens is 4. The molecule has 9 heteroatoms. The highest BCUT2D eigenvalue weighted by molar-refractivity contribution is 5.86. The quantitative estimate of drug-likeness (QED) is 0.409. The summed E-state index contributed by atoms with van der Waals surface area (Å²) in [5.74, 6) is 2.83. The van der Waals surface area contributed by atoms with Gasteiger partial charge in [0, 0.05) is 18.7 Å². The van der Waals surface area contributed by atoms with Gasteiger partial charge >= 0.3 is 0 Å². The number of rotatable bonds is 6. The Morgan fingerprint density at radius 2 is 2.04 bits per heavy atom. The van der Waals surface area contributed by atoms with E-state index in [1.54, 1.807) is 6.08 Å². The summed E-state index contributed by atoms with van der Waals surface area (Å²) in [5, 5.41) is 11.7. The lowest BCUT2D eigenvalue weighted by Crippen LogP contribution is -2.15. The number of isocyanates is 1. The highest BCUT2D eigenvalue weighted by Gasteiger charge is 2.18. The number of ether oxygens (including phenoxy) is 2. The van der Waals surface area contributed by atoms with Crippen molar-refractivity contribution in [2.75, 3.05) is 31.6 Å². The van der Waals surface area contributed by atoms with Crippen molar-refractivity contribution in [1.82, 2.24) is 19.6 Å². The lowest BCUT2D eigenvalue weighted by molar-refractivity contribution is 0.172. The normalized spacial score (nSPS) is 13.0. The smallest absolute Gasteiger partial charge is 0.234 e. The first-order valence-electron chi connectivity index (χ1n) is 8.50. The van der Waals surface area contributed by atoms with E-state index in [0.29, 0.717) is 49.3 Å². The second-order valence-electron chi connectivity index (χ2n) is 5.96. The van der Waals surface area contributed by atoms with Gasteiger partial charge in [-0.2, -0.15) is 0 Å². The number of carbonyl (C=O) groups excluding carboxylic acids is 1. The lowest BCUT2D eigenvalue weighted by atomic mass is 10.2. The van der Waals surface area contributed by atoms with Crippen LogP contribution in [0.4, 0.5) is 5.82 Å². The summed E-state index contributed by atoms with van der Waals surface area (Å²) in [7, 11) is 0. The largest absolute Gasteiger partial charge is 0.486 e. The molecule has 1 aromatic carbocycles. The number of anilines is 1. The van der Waals surface area contributed by atoms with Crippen molar-refractivity contribution in [1.29, 1.82) is 0 Å². The van der Waals surface area contributed by atoms with E-state index in [2.05, 4.69) is 20.5 Å². The molecule has 0 spiro atoms. The minimum atomic E-state index is 0.485. The second-order valence-corrected chi connectivity index (χ2v) is 5.96. The van der Waals surface area contributed by atoms with Crippen LogP contribution in [0.5, 0.6) is 11.5 Å². The van der Waals surface area contributed by atoms with Crippen molar-refractivity contribution in [3.05, 3.63) is 18.0 Å². The van der Waals surface area contributed by atoms with Crippen molar-refractivity contribution in [3.8, 4) is 11.5 Å². The number of hydrogen-bond acceptors (Lipinski definition) is 8. The third kappa shape index (κ3) is 2.93. The van der Waals surface area contributed by atoms with Crippen LogP contribution < -0.4 is 14.8 Å². The average molecular weight is 354 g/mol. The van der Waals surface area contributed by atoms with Crippen LogP contribution in [0.1, 0.15) is 18.7 Å². The maximum atomic E-state index is 10.1. The molecular formula is C17H18N6O3. The summed E-state index contributed by atoms with van der Waals surface area (Å²) in [6.45, 7) is 4.14. The minimum absolute atomic E-state index is 0.485. The number of nitrogens with one attached hydrogen (secondary N) is 1. The summed E-state index contributed by atoms with van der Waals surface area (Å²) >= 11 is 0. The van der Waals surface area contributed by atoms with E-state index in [9.17, 15) is 4.79 Å². The lowest BCUT2D eigenvalue weighted by Gasteiger charge is -2.19. The highest BCUT2D eigenvalue weighted by Crippen LogP contribution is 2.35. The monoisotopic (exact) mass is 354 g/mol. The molecular weight excluding hydrogens is 336 g/mol. The number of fused-ring (bicyclic) bond motifs is 4. The SMILES string of the molecule is Cc1nnc2c(NCCCCN=C=O)nc3cc4c(cc3n12)OCCO4. The molecule has 0 unspecified atom stereocenters. The van der Waals surface area contributed by atoms with Crippen LogP contribution in [0.15, 0.2) is 17.1 Å². The molecule has 0 bridgehead atoms. The van der Waals surface area contributed by atoms with E-state index >= 15 is 0 Å². The Labute approximate surface area is 149 Å². The van der Waals surface area contributed by atoms with Gasteiger partial charge in [0.25, 0.3) is 0 Å². The predicted molar refractivity (Wildman–Crippen MR) is 94.7 cm³/mol. The molecule has 0 radical (unpaired) electrons. The molecule has 0 saturated carbocycles. The van der Waals surface area contributed by atoms with Crippen LogP contribution in [0.25, 0.3) is 16.7 Å². The van der Waals surface area contributed by atoms with Crippen molar-refractivity contribution in [2.24, 2.45) is 4.99 Å². The van der Waals surface area contributed by atoms with Gasteiger partial charge in [-0.15, -0.1) is 10.2 Å². The zero-order chi connectivity index (χ0) is 17.9. The van der Waals surface area contributed by atoms with Gasteiger partial charge in [0.1, 0.15) is 19.0 Å². The van der Waals surface area contributed by atoms with Gasteiger partial charge in [-0.05, 0) is 19.8 Å². The van der Waals surface area contributed by atoms with E-state index in [1.807, 2.05) is 23.5 Å². The van der Waals surface area contributed by atoms with Gasteiger partial charge in [0.2, 0.25) is 11.7 Å². The summed E-state index contributed by atoms with van der Waals surface area (Å²) in [4.78, 5) is 18.3. The fraction of sp³-hybridized carbons (Fsp3) is 0.412. The second kappa shape index (κ2) is 6.97. The van der Waals surface area contributed by atoms with Gasteiger partial charge in [0.15, 0.2) is 17.3 Å². The van der Waals surface area contributed by atoms with Gasteiger partial charge in [-0.1, -0.05) is 0 Å². The maximum Gasteiger partial charge on any atom is 0.234 e. The molecule has 3 heterocycles. The fourth-order valence-electron chi connectivity index (χ4n) is 3.00. The predicted octanol–water partition coefficient (Wildman–Crippen LogP) is 1.89. The van der Waals surface area contributed by atoms with Crippen molar-refractivity contribution < 1.29 is 14.3 Å². The van der Waals surface area contributed by atoms with Crippen LogP contribution in [-0.2, 0) is 4.79 Å². The molecule has 3 aromatic rings. The number of aliphatic imine (C=N–C) groups is 1. The molecule has 1 N–H and O–H groups in total. The highest BCUT2D eigenvalue weighted by atomic mass is 16.6. The number of hydrogen-bond donors (Lipinski definition) is 1. The molecule has 1 aliphatic heterocycles. The Morgan fingerprint density at radius 1 is 1.23 bits per heavy atom. The van der Waals surface area contributed by atoms with Crippen LogP contribution in [0, 0.1) is 6.92 Å². The fourth-order valence-corrected chi connectivity index (χ4v) is 3.00. The first kappa shape index (κ1) is 16.3. The van der Waals surface area contributed by atoms with Crippen molar-refractivity contribution >= 4 is 28.6 Å². The molecule has 0 aliphatic carbocycles. The van der Waals surface area contributed by atoms with Gasteiger partial charge < -0.3 is 14.8 Å². The van der Waals surface area contributed by atoms with E-state index in [0.717, 1.165) is 29.7 Å². The summed E-state index contributed by atoms with van der Waals surface area (Å²) in [5.41, 5.74) is 2.31. The van der Waals surface area contributed by atoms with Gasteiger partial charge in [0.05, 0.1) is 17.6 Å². The topological polar surface area (TPSA) is 103 Å². The molecule has 1 aliphatic rings. The average Bonchev–Trinajstić information content (AvgIpc) is 3.05. The first-order chi connectivity index (χ1) is 12.8. The van der Waals surface area contributed by atoms with Crippen LogP contribution in [-0.4, -0.2) is 52.0 Å². The number of aryl methyl sites for hydroxylation is 1. The zero-order valence-corrected chi connectivity index (χ0v) is 14.4. The third-order valence-corrected chi connectivity index (χ3v) is 4.20. The third-order valence-electron chi connectivity index (χ3n) is 4.20. The number of nitrogens with zero attached hydrogens (tertiary/aromatic N) is 5. The Hall–Kier alpha value is -3.19. The molecule has 134 valence electrons. The van der Waals surface area contributed by atoms with E-state index in [-0.39, 0.29) is 0 Å². The van der Waals surface area contributed by atoms with Crippen molar-refractivity contribution in [3.63, 3.8) is 0 Å². The minimum Gasteiger partial charge on any atom is -0.486 e. The Kier molecular flexibility index (Phi) is 4.37. The van der Waals surface area contributed by atoms with Crippen LogP contribution >= 0.6 is 0 Å². The van der Waals surface area contributed by atoms with E-state index in [4.69, 9.17) is 14.5 Å². The first-order valence-corrected chi connectivity index (χ1v) is 8.50.